The molecule has 0 bridgehead atoms. The first-order valence-corrected chi connectivity index (χ1v) is 32.3. The van der Waals surface area contributed by atoms with Crippen molar-refractivity contribution in [3.63, 3.8) is 0 Å². The molecule has 2 atom stereocenters. The van der Waals surface area contributed by atoms with Crippen LogP contribution in [0.3, 0.4) is 0 Å². The number of fused-ring (bicyclic) bond motifs is 4. The van der Waals surface area contributed by atoms with Crippen LogP contribution in [0, 0.1) is 13.8 Å². The maximum Gasteiger partial charge on any atom is 0.373 e. The Kier molecular flexibility index (Phi) is 24.3. The topological polar surface area (TPSA) is 316 Å². The molecule has 0 radical (unpaired) electrons. The van der Waals surface area contributed by atoms with Crippen molar-refractivity contribution in [1.29, 1.82) is 0 Å². The van der Waals surface area contributed by atoms with Crippen molar-refractivity contribution in [1.82, 2.24) is 28.9 Å². The quantitative estimate of drug-likeness (QED) is 0.0387. The van der Waals surface area contributed by atoms with Gasteiger partial charge in [-0.05, 0) is 173 Å². The van der Waals surface area contributed by atoms with Crippen LogP contribution in [0.5, 0.6) is 23.0 Å². The highest BCUT2D eigenvalue weighted by atomic mass is 16.5. The molecule has 0 unspecified atom stereocenters. The van der Waals surface area contributed by atoms with Crippen LogP contribution in [0.2, 0.25) is 0 Å². The molecule has 8 heterocycles. The Morgan fingerprint density at radius 2 is 1.01 bits per heavy atom. The summed E-state index contributed by atoms with van der Waals surface area (Å²) in [7, 11) is 6.63. The van der Waals surface area contributed by atoms with Crippen molar-refractivity contribution in [3.8, 4) is 45.3 Å². The number of hydrogen-bond acceptors (Lipinski definition) is 15. The number of amides is 6. The number of ether oxygens (including phenoxy) is 4. The van der Waals surface area contributed by atoms with Gasteiger partial charge in [-0.2, -0.15) is 19.2 Å². The molecule has 4 aliphatic rings. The molecule has 0 aliphatic carbocycles. The minimum atomic E-state index is -0.279. The van der Waals surface area contributed by atoms with Gasteiger partial charge in [0.25, 0.3) is 23.6 Å². The summed E-state index contributed by atoms with van der Waals surface area (Å²) in [5.41, 5.74) is 12.5. The van der Waals surface area contributed by atoms with Crippen LogP contribution >= 0.6 is 0 Å². The molecule has 25 heteroatoms. The molecule has 6 N–H and O–H groups in total. The van der Waals surface area contributed by atoms with E-state index in [4.69, 9.17) is 38.1 Å². The first-order valence-electron chi connectivity index (χ1n) is 32.3. The average Bonchev–Trinajstić information content (AvgIpc) is 1.21. The zero-order valence-electron chi connectivity index (χ0n) is 55.5. The SMILES string of the molecule is COc1cc2c(cc1OCCCC(=O)Nc1cc(C(=O)Nc3ccc(-c4c[nH]c(C)c4)cc3)n(C)c1)CC[C@@H]1CCCCN1C2=O.COc1cc2c(cc1OCCCC(=O)Nc1cc(C(=O)Nc3ccc(-c4c[nH]c(C)c4)cc3)n(C)c1)N=C[C@@H]1CCCCN1C2=O.O=C=O.O=C=O. The third-order valence-corrected chi connectivity index (χ3v) is 17.2. The summed E-state index contributed by atoms with van der Waals surface area (Å²) >= 11 is 0. The maximum atomic E-state index is 13.3. The standard InChI is InChI=1S/C36H41N5O5.C35H38N6O5.2CO2/c1-23-17-26(21-37-23)24-9-12-27(13-10-24)39-35(43)31-19-28(22-40(31)2)38-34(42)8-6-16-46-33-18-25-11-14-29-7-4-5-15-41(29)36(44)30(25)20-32(33)45-3;1-22-15-24(19-36-22)23-9-11-25(12-10-23)39-34(43)30-16-26(21-40(30)2)38-33(42)8-6-14-46-32-18-29-28(17-31(32)45-3)35(44)41-13-5-4-7-27(41)20-37-29;2*2-1-3/h9-10,12-13,17-22,29,37H,4-8,11,14-16H2,1-3H3,(H,38,42)(H,39,43);9-12,15-21,27,36H,4-8,13-14H2,1-3H3,(H,38,42)(H,39,43);;/t29-;27-;;/m00../s1. The van der Waals surface area contributed by atoms with E-state index in [9.17, 15) is 28.8 Å². The van der Waals surface area contributed by atoms with E-state index in [2.05, 4.69) is 48.4 Å². The summed E-state index contributed by atoms with van der Waals surface area (Å²) in [6.45, 7) is 6.12. The lowest BCUT2D eigenvalue weighted by molar-refractivity contribution is -0.193. The van der Waals surface area contributed by atoms with Crippen molar-refractivity contribution in [2.75, 3.05) is 61.8 Å². The number of carbonyl (C=O) groups is 6. The molecule has 2 saturated heterocycles. The van der Waals surface area contributed by atoms with Crippen LogP contribution in [-0.2, 0) is 49.3 Å². The average molecular weight is 1330 g/mol. The van der Waals surface area contributed by atoms with Gasteiger partial charge in [-0.3, -0.25) is 33.8 Å². The molecule has 12 rings (SSSR count). The molecular formula is C73H79N11O14. The number of aryl methyl sites for hydroxylation is 5. The summed E-state index contributed by atoms with van der Waals surface area (Å²) in [6, 6.07) is 30.2. The first kappa shape index (κ1) is 70.8. The van der Waals surface area contributed by atoms with E-state index in [1.54, 1.807) is 73.1 Å². The Balaban J connectivity index is 0.000000212. The van der Waals surface area contributed by atoms with Gasteiger partial charge in [0.2, 0.25) is 11.8 Å². The fourth-order valence-electron chi connectivity index (χ4n) is 12.3. The number of piperidine rings is 2. The van der Waals surface area contributed by atoms with Crippen LogP contribution in [0.25, 0.3) is 22.3 Å². The van der Waals surface area contributed by atoms with Gasteiger partial charge in [0, 0.05) is 111 Å². The molecule has 2 fully saturated rings. The fraction of sp³-hybridized carbons (Fsp3) is 0.329. The summed E-state index contributed by atoms with van der Waals surface area (Å²) in [5.74, 6) is 1.15. The molecule has 510 valence electrons. The Morgan fingerprint density at radius 3 is 1.50 bits per heavy atom. The van der Waals surface area contributed by atoms with Gasteiger partial charge in [0.1, 0.15) is 11.4 Å². The molecule has 25 nitrogen and oxygen atoms in total. The molecule has 4 aromatic carbocycles. The number of aromatic nitrogens is 4. The van der Waals surface area contributed by atoms with E-state index < -0.39 is 0 Å². The zero-order valence-corrected chi connectivity index (χ0v) is 55.5. The number of nitrogens with zero attached hydrogens (tertiary/aromatic N) is 5. The number of rotatable bonds is 20. The number of H-pyrrole nitrogens is 2. The smallest absolute Gasteiger partial charge is 0.373 e. The van der Waals surface area contributed by atoms with Crippen LogP contribution in [-0.4, -0.2) is 135 Å². The van der Waals surface area contributed by atoms with E-state index in [1.165, 1.54) is 13.5 Å². The molecule has 0 saturated carbocycles. The van der Waals surface area contributed by atoms with Gasteiger partial charge in [0.15, 0.2) is 23.0 Å². The highest BCUT2D eigenvalue weighted by Gasteiger charge is 2.34. The molecule has 6 amide bonds. The third kappa shape index (κ3) is 18.1. The number of carbonyl (C=O) groups excluding carboxylic acids is 10. The normalized spacial score (nSPS) is 14.9. The van der Waals surface area contributed by atoms with Crippen LogP contribution in [0.15, 0.2) is 127 Å². The van der Waals surface area contributed by atoms with Gasteiger partial charge in [0.05, 0.1) is 56.1 Å². The minimum Gasteiger partial charge on any atom is -0.493 e. The van der Waals surface area contributed by atoms with E-state index in [1.807, 2.05) is 96.9 Å². The van der Waals surface area contributed by atoms with Crippen molar-refractivity contribution >= 4 is 82.4 Å². The second-order valence-corrected chi connectivity index (χ2v) is 24.0. The zero-order chi connectivity index (χ0) is 69.8. The second-order valence-electron chi connectivity index (χ2n) is 24.0. The Hall–Kier alpha value is -11.6. The lowest BCUT2D eigenvalue weighted by Gasteiger charge is -2.34. The van der Waals surface area contributed by atoms with Crippen molar-refractivity contribution < 1.29 is 66.9 Å². The molecule has 8 aromatic rings. The van der Waals surface area contributed by atoms with Crippen LogP contribution in [0.1, 0.15) is 129 Å². The molecule has 4 aliphatic heterocycles. The largest absolute Gasteiger partial charge is 0.493 e. The number of anilines is 4. The van der Waals surface area contributed by atoms with Gasteiger partial charge < -0.3 is 69.1 Å². The highest BCUT2D eigenvalue weighted by Crippen LogP contribution is 2.39. The fourth-order valence-corrected chi connectivity index (χ4v) is 12.3. The first-order chi connectivity index (χ1) is 47.4. The van der Waals surface area contributed by atoms with Gasteiger partial charge in [-0.1, -0.05) is 24.3 Å². The van der Waals surface area contributed by atoms with Gasteiger partial charge >= 0.3 is 12.3 Å². The van der Waals surface area contributed by atoms with Crippen molar-refractivity contribution in [3.05, 3.63) is 161 Å². The van der Waals surface area contributed by atoms with E-state index in [0.29, 0.717) is 99.4 Å². The Bertz CT molecular complexity index is 4250. The number of aliphatic imine (C=N–C) groups is 1. The van der Waals surface area contributed by atoms with Crippen molar-refractivity contribution in [2.45, 2.75) is 103 Å². The Labute approximate surface area is 566 Å². The van der Waals surface area contributed by atoms with Crippen LogP contribution < -0.4 is 40.2 Å². The van der Waals surface area contributed by atoms with Gasteiger partial charge in [-0.15, -0.1) is 0 Å². The molecule has 4 aromatic heterocycles. The molecule has 0 spiro atoms. The number of aromatic amines is 2. The molecule has 98 heavy (non-hydrogen) atoms. The maximum absolute atomic E-state index is 13.3. The molecular weight excluding hydrogens is 1250 g/mol. The van der Waals surface area contributed by atoms with Gasteiger partial charge in [-0.25, -0.2) is 0 Å². The summed E-state index contributed by atoms with van der Waals surface area (Å²) in [4.78, 5) is 125. The van der Waals surface area contributed by atoms with Crippen LogP contribution in [0.4, 0.5) is 28.4 Å². The van der Waals surface area contributed by atoms with E-state index in [0.717, 1.165) is 97.2 Å². The number of methoxy groups -OCH3 is 2. The predicted molar refractivity (Wildman–Crippen MR) is 365 cm³/mol. The van der Waals surface area contributed by atoms with E-state index >= 15 is 0 Å². The number of hydrogen-bond donors (Lipinski definition) is 6. The lowest BCUT2D eigenvalue weighted by atomic mass is 9.98. The summed E-state index contributed by atoms with van der Waals surface area (Å²) in [6.07, 6.45) is 19.1. The highest BCUT2D eigenvalue weighted by molar-refractivity contribution is 6.06. The lowest BCUT2D eigenvalue weighted by Crippen LogP contribution is -2.43. The number of nitrogens with one attached hydrogen (secondary N) is 6. The summed E-state index contributed by atoms with van der Waals surface area (Å²) < 4.78 is 26.5. The monoisotopic (exact) mass is 1330 g/mol. The number of benzene rings is 4. The summed E-state index contributed by atoms with van der Waals surface area (Å²) in [5, 5.41) is 11.6. The third-order valence-electron chi connectivity index (χ3n) is 17.2. The van der Waals surface area contributed by atoms with Crippen molar-refractivity contribution in [2.24, 2.45) is 19.1 Å². The predicted octanol–water partition coefficient (Wildman–Crippen LogP) is 11.3. The minimum absolute atomic E-state index is 0.00912. The van der Waals surface area contributed by atoms with E-state index in [-0.39, 0.29) is 73.2 Å². The Morgan fingerprint density at radius 1 is 0.541 bits per heavy atom. The second kappa shape index (κ2) is 33.7.